The summed E-state index contributed by atoms with van der Waals surface area (Å²) in [6, 6.07) is 0. The van der Waals surface area contributed by atoms with Gasteiger partial charge in [0.05, 0.1) is 5.57 Å². The molecule has 1 rings (SSSR count). The maximum Gasteiger partial charge on any atom is 0.250 e. The van der Waals surface area contributed by atoms with E-state index in [2.05, 4.69) is 5.32 Å². The molecule has 1 aliphatic heterocycles. The number of carbonyl (C=O) groups excluding carboxylic acids is 1. The summed E-state index contributed by atoms with van der Waals surface area (Å²) < 4.78 is 0. The van der Waals surface area contributed by atoms with Gasteiger partial charge < -0.3 is 10.4 Å². The van der Waals surface area contributed by atoms with Gasteiger partial charge in [0, 0.05) is 13.0 Å². The fourth-order valence-electron chi connectivity index (χ4n) is 0.746. The standard InChI is InChI=1S/C6H9NO2/c1-4-5(8)2-3-7-6(4)9/h8H,2-3H2,1H3,(H,7,9). The third-order valence-corrected chi connectivity index (χ3v) is 1.42. The number of hydrogen-bond acceptors (Lipinski definition) is 2. The fraction of sp³-hybridized carbons (Fsp3) is 0.500. The molecule has 3 nitrogen and oxygen atoms in total. The zero-order chi connectivity index (χ0) is 6.85. The molecule has 0 aromatic rings. The van der Waals surface area contributed by atoms with Crippen LogP contribution in [0.1, 0.15) is 13.3 Å². The molecule has 0 saturated heterocycles. The maximum atomic E-state index is 10.7. The van der Waals surface area contributed by atoms with Crippen LogP contribution in [0.25, 0.3) is 0 Å². The summed E-state index contributed by atoms with van der Waals surface area (Å²) >= 11 is 0. The van der Waals surface area contributed by atoms with Crippen LogP contribution in [0.15, 0.2) is 11.3 Å². The Kier molecular flexibility index (Phi) is 1.42. The first-order valence-electron chi connectivity index (χ1n) is 2.88. The van der Waals surface area contributed by atoms with Crippen molar-refractivity contribution >= 4 is 5.91 Å². The van der Waals surface area contributed by atoms with E-state index in [1.807, 2.05) is 0 Å². The molecule has 1 amide bonds. The number of nitrogens with one attached hydrogen (secondary N) is 1. The van der Waals surface area contributed by atoms with Crippen LogP contribution in [0.4, 0.5) is 0 Å². The molecule has 50 valence electrons. The molecule has 0 aromatic carbocycles. The van der Waals surface area contributed by atoms with Gasteiger partial charge in [-0.3, -0.25) is 4.79 Å². The molecule has 0 unspecified atom stereocenters. The highest BCUT2D eigenvalue weighted by Crippen LogP contribution is 2.08. The van der Waals surface area contributed by atoms with Crippen LogP contribution in [0, 0.1) is 0 Å². The maximum absolute atomic E-state index is 10.7. The van der Waals surface area contributed by atoms with Gasteiger partial charge in [0.25, 0.3) is 0 Å². The highest BCUT2D eigenvalue weighted by atomic mass is 16.3. The predicted molar refractivity (Wildman–Crippen MR) is 33.0 cm³/mol. The minimum absolute atomic E-state index is 0.154. The normalized spacial score (nSPS) is 19.9. The van der Waals surface area contributed by atoms with Crippen LogP contribution in [0.3, 0.4) is 0 Å². The first-order valence-corrected chi connectivity index (χ1v) is 2.88. The SMILES string of the molecule is CC1=C(O)CCNC1=O. The average Bonchev–Trinajstić information content (AvgIpc) is 1.83. The number of aliphatic hydroxyl groups excluding tert-OH is 1. The molecule has 0 saturated carbocycles. The predicted octanol–water partition coefficient (Wildman–Crippen LogP) is 0.338. The first kappa shape index (κ1) is 6.13. The van der Waals surface area contributed by atoms with E-state index in [0.29, 0.717) is 18.5 Å². The van der Waals surface area contributed by atoms with Gasteiger partial charge >= 0.3 is 0 Å². The topological polar surface area (TPSA) is 49.3 Å². The number of hydrogen-bond donors (Lipinski definition) is 2. The molecular formula is C6H9NO2. The van der Waals surface area contributed by atoms with E-state index in [-0.39, 0.29) is 11.7 Å². The average molecular weight is 127 g/mol. The van der Waals surface area contributed by atoms with E-state index in [0.717, 1.165) is 0 Å². The molecule has 0 radical (unpaired) electrons. The molecule has 0 spiro atoms. The fourth-order valence-corrected chi connectivity index (χ4v) is 0.746. The minimum atomic E-state index is -0.154. The van der Waals surface area contributed by atoms with Crippen molar-refractivity contribution in [2.75, 3.05) is 6.54 Å². The first-order chi connectivity index (χ1) is 4.22. The van der Waals surface area contributed by atoms with E-state index in [4.69, 9.17) is 5.11 Å². The Morgan fingerprint density at radius 2 is 2.33 bits per heavy atom. The second-order valence-corrected chi connectivity index (χ2v) is 2.08. The lowest BCUT2D eigenvalue weighted by Gasteiger charge is -2.12. The molecule has 1 heterocycles. The van der Waals surface area contributed by atoms with Crippen LogP contribution < -0.4 is 5.32 Å². The third-order valence-electron chi connectivity index (χ3n) is 1.42. The summed E-state index contributed by atoms with van der Waals surface area (Å²) in [6.07, 6.45) is 0.567. The second-order valence-electron chi connectivity index (χ2n) is 2.08. The second kappa shape index (κ2) is 2.09. The van der Waals surface area contributed by atoms with Gasteiger partial charge in [-0.25, -0.2) is 0 Å². The van der Waals surface area contributed by atoms with Crippen LogP contribution in [0.2, 0.25) is 0 Å². The third kappa shape index (κ3) is 1.04. The Bertz CT molecular complexity index is 172. The molecule has 3 heteroatoms. The number of aliphatic hydroxyl groups is 1. The van der Waals surface area contributed by atoms with Gasteiger partial charge in [0.2, 0.25) is 5.91 Å². The van der Waals surface area contributed by atoms with Crippen molar-refractivity contribution in [2.45, 2.75) is 13.3 Å². The molecular weight excluding hydrogens is 118 g/mol. The molecule has 2 N–H and O–H groups in total. The summed E-state index contributed by atoms with van der Waals surface area (Å²) in [5.41, 5.74) is 0.446. The van der Waals surface area contributed by atoms with Crippen molar-refractivity contribution in [3.8, 4) is 0 Å². The van der Waals surface area contributed by atoms with Gasteiger partial charge in [-0.2, -0.15) is 0 Å². The van der Waals surface area contributed by atoms with E-state index >= 15 is 0 Å². The van der Waals surface area contributed by atoms with E-state index < -0.39 is 0 Å². The largest absolute Gasteiger partial charge is 0.512 e. The Morgan fingerprint density at radius 3 is 2.78 bits per heavy atom. The lowest BCUT2D eigenvalue weighted by Crippen LogP contribution is -2.30. The number of rotatable bonds is 0. The van der Waals surface area contributed by atoms with Gasteiger partial charge in [-0.15, -0.1) is 0 Å². The van der Waals surface area contributed by atoms with Crippen molar-refractivity contribution in [1.29, 1.82) is 0 Å². The van der Waals surface area contributed by atoms with Crippen molar-refractivity contribution in [2.24, 2.45) is 0 Å². The van der Waals surface area contributed by atoms with Crippen LogP contribution in [-0.4, -0.2) is 17.6 Å². The van der Waals surface area contributed by atoms with Crippen LogP contribution in [-0.2, 0) is 4.79 Å². The van der Waals surface area contributed by atoms with E-state index in [9.17, 15) is 4.79 Å². The van der Waals surface area contributed by atoms with Crippen molar-refractivity contribution < 1.29 is 9.90 Å². The van der Waals surface area contributed by atoms with Crippen molar-refractivity contribution in [3.63, 3.8) is 0 Å². The molecule has 1 aliphatic rings. The van der Waals surface area contributed by atoms with Gasteiger partial charge in [0.15, 0.2) is 0 Å². The Hall–Kier alpha value is -0.990. The van der Waals surface area contributed by atoms with Crippen molar-refractivity contribution in [1.82, 2.24) is 5.32 Å². The van der Waals surface area contributed by atoms with E-state index in [1.165, 1.54) is 0 Å². The molecule has 0 atom stereocenters. The lowest BCUT2D eigenvalue weighted by atomic mass is 10.1. The Balaban J connectivity index is 2.84. The van der Waals surface area contributed by atoms with Crippen molar-refractivity contribution in [3.05, 3.63) is 11.3 Å². The van der Waals surface area contributed by atoms with Gasteiger partial charge in [-0.05, 0) is 6.92 Å². The summed E-state index contributed by atoms with van der Waals surface area (Å²) in [4.78, 5) is 10.7. The lowest BCUT2D eigenvalue weighted by molar-refractivity contribution is -0.118. The monoisotopic (exact) mass is 127 g/mol. The van der Waals surface area contributed by atoms with E-state index in [1.54, 1.807) is 6.92 Å². The smallest absolute Gasteiger partial charge is 0.250 e. The molecule has 0 bridgehead atoms. The van der Waals surface area contributed by atoms with Crippen LogP contribution >= 0.6 is 0 Å². The molecule has 0 fully saturated rings. The molecule has 0 aromatic heterocycles. The summed E-state index contributed by atoms with van der Waals surface area (Å²) in [5.74, 6) is 0.0671. The zero-order valence-corrected chi connectivity index (χ0v) is 5.27. The van der Waals surface area contributed by atoms with Crippen LogP contribution in [0.5, 0.6) is 0 Å². The van der Waals surface area contributed by atoms with Gasteiger partial charge in [-0.1, -0.05) is 0 Å². The highest BCUT2D eigenvalue weighted by molar-refractivity contribution is 5.93. The number of carbonyl (C=O) groups is 1. The quantitative estimate of drug-likeness (QED) is 0.493. The van der Waals surface area contributed by atoms with Gasteiger partial charge in [0.1, 0.15) is 5.76 Å². The number of amides is 1. The zero-order valence-electron chi connectivity index (χ0n) is 5.27. The summed E-state index contributed by atoms with van der Waals surface area (Å²) in [6.45, 7) is 2.17. The highest BCUT2D eigenvalue weighted by Gasteiger charge is 2.13. The summed E-state index contributed by atoms with van der Waals surface area (Å²) in [5, 5.41) is 11.6. The molecule has 9 heavy (non-hydrogen) atoms. The Morgan fingerprint density at radius 1 is 1.67 bits per heavy atom. The minimum Gasteiger partial charge on any atom is -0.512 e. The summed E-state index contributed by atoms with van der Waals surface area (Å²) in [7, 11) is 0. The molecule has 0 aliphatic carbocycles. The Labute approximate surface area is 53.4 Å².